The van der Waals surface area contributed by atoms with Crippen LogP contribution in [0, 0.1) is 17.8 Å². The highest BCUT2D eigenvalue weighted by atomic mass is 16.5. The van der Waals surface area contributed by atoms with Crippen molar-refractivity contribution in [2.45, 2.75) is 43.9 Å². The predicted octanol–water partition coefficient (Wildman–Crippen LogP) is 4.80. The number of benzene rings is 2. The van der Waals surface area contributed by atoms with E-state index in [4.69, 9.17) is 15.1 Å². The van der Waals surface area contributed by atoms with Crippen LogP contribution >= 0.6 is 0 Å². The number of rotatable bonds is 7. The second-order valence-electron chi connectivity index (χ2n) is 10.0. The third-order valence-corrected chi connectivity index (χ3v) is 7.73. The van der Waals surface area contributed by atoms with E-state index in [-0.39, 0.29) is 12.0 Å². The first-order valence-electron chi connectivity index (χ1n) is 11.7. The average molecular weight is 448 g/mol. The molecule has 6 heteroatoms. The summed E-state index contributed by atoms with van der Waals surface area (Å²) in [6.45, 7) is -0.222. The number of hydrogen-bond donors (Lipinski definition) is 3. The number of hydrogen-bond acceptors (Lipinski definition) is 4. The molecule has 4 fully saturated rings. The molecule has 0 radical (unpaired) electrons. The molecular formula is C27H29NO5. The van der Waals surface area contributed by atoms with E-state index >= 15 is 0 Å². The molecule has 4 bridgehead atoms. The van der Waals surface area contributed by atoms with Crippen molar-refractivity contribution in [1.29, 1.82) is 0 Å². The summed E-state index contributed by atoms with van der Waals surface area (Å²) in [6.07, 6.45) is 10.2. The molecular weight excluding hydrogens is 418 g/mol. The Bertz CT molecular complexity index is 1050. The number of amides is 1. The summed E-state index contributed by atoms with van der Waals surface area (Å²) in [4.78, 5) is 22.4. The Labute approximate surface area is 193 Å². The average Bonchev–Trinajstić information content (AvgIpc) is 2.80. The van der Waals surface area contributed by atoms with Crippen molar-refractivity contribution in [1.82, 2.24) is 5.48 Å². The number of carbonyl (C=O) groups excluding carboxylic acids is 1. The molecule has 0 heterocycles. The summed E-state index contributed by atoms with van der Waals surface area (Å²) in [6, 6.07) is 14.0. The zero-order valence-electron chi connectivity index (χ0n) is 18.5. The zero-order valence-corrected chi connectivity index (χ0v) is 18.5. The molecule has 2 aromatic carbocycles. The fourth-order valence-electron chi connectivity index (χ4n) is 6.82. The Morgan fingerprint density at radius 1 is 0.970 bits per heavy atom. The van der Waals surface area contributed by atoms with E-state index in [2.05, 4.69) is 6.07 Å². The van der Waals surface area contributed by atoms with Crippen LogP contribution in [0.5, 0.6) is 5.75 Å². The highest BCUT2D eigenvalue weighted by molar-refractivity contribution is 5.85. The van der Waals surface area contributed by atoms with Gasteiger partial charge in [0.2, 0.25) is 0 Å². The van der Waals surface area contributed by atoms with Crippen LogP contribution in [0.15, 0.2) is 48.5 Å². The highest BCUT2D eigenvalue weighted by Crippen LogP contribution is 2.62. The van der Waals surface area contributed by atoms with Crippen LogP contribution in [0.25, 0.3) is 17.2 Å². The number of carboxylic acid groups (broad SMARTS) is 1. The van der Waals surface area contributed by atoms with E-state index in [1.807, 2.05) is 36.4 Å². The first-order chi connectivity index (χ1) is 15.9. The van der Waals surface area contributed by atoms with E-state index < -0.39 is 11.9 Å². The van der Waals surface area contributed by atoms with Gasteiger partial charge in [-0.25, -0.2) is 10.3 Å². The monoisotopic (exact) mass is 447 g/mol. The van der Waals surface area contributed by atoms with Gasteiger partial charge in [-0.3, -0.25) is 10.0 Å². The van der Waals surface area contributed by atoms with Gasteiger partial charge in [-0.2, -0.15) is 0 Å². The fraction of sp³-hybridized carbons (Fsp3) is 0.407. The van der Waals surface area contributed by atoms with Crippen molar-refractivity contribution in [3.8, 4) is 16.9 Å². The van der Waals surface area contributed by atoms with Gasteiger partial charge in [-0.1, -0.05) is 30.3 Å². The lowest BCUT2D eigenvalue weighted by molar-refractivity contribution is -0.132. The molecule has 0 aromatic heterocycles. The van der Waals surface area contributed by atoms with Crippen LogP contribution in [0.4, 0.5) is 0 Å². The maximum atomic E-state index is 11.6. The van der Waals surface area contributed by atoms with Crippen LogP contribution in [-0.4, -0.2) is 28.8 Å². The lowest BCUT2D eigenvalue weighted by Gasteiger charge is -2.57. The van der Waals surface area contributed by atoms with Gasteiger partial charge in [0.05, 0.1) is 0 Å². The minimum absolute atomic E-state index is 0.0833. The first-order valence-corrected chi connectivity index (χ1v) is 11.7. The van der Waals surface area contributed by atoms with Crippen molar-refractivity contribution in [3.63, 3.8) is 0 Å². The topological polar surface area (TPSA) is 95.9 Å². The Balaban J connectivity index is 1.50. The van der Waals surface area contributed by atoms with Gasteiger partial charge in [-0.05, 0) is 96.6 Å². The van der Waals surface area contributed by atoms with E-state index in [0.717, 1.165) is 46.3 Å². The summed E-state index contributed by atoms with van der Waals surface area (Å²) in [5.41, 5.74) is 5.86. The molecule has 4 aliphatic rings. The quantitative estimate of drug-likeness (QED) is 0.322. The Morgan fingerprint density at radius 2 is 1.58 bits per heavy atom. The smallest absolute Gasteiger partial charge is 0.328 e. The fourth-order valence-corrected chi connectivity index (χ4v) is 6.82. The predicted molar refractivity (Wildman–Crippen MR) is 124 cm³/mol. The molecule has 172 valence electrons. The normalized spacial score (nSPS) is 27.6. The molecule has 0 aliphatic heterocycles. The van der Waals surface area contributed by atoms with Crippen molar-refractivity contribution in [3.05, 3.63) is 59.7 Å². The number of aliphatic carboxylic acids is 1. The van der Waals surface area contributed by atoms with Crippen LogP contribution in [0.2, 0.25) is 0 Å². The van der Waals surface area contributed by atoms with Crippen molar-refractivity contribution in [2.24, 2.45) is 17.8 Å². The molecule has 6 rings (SSSR count). The number of hydroxylamine groups is 1. The van der Waals surface area contributed by atoms with Gasteiger partial charge in [0.1, 0.15) is 5.75 Å². The third kappa shape index (κ3) is 4.40. The SMILES string of the molecule is O=C(O)/C=C/c1ccc(-c2ccc(OCC(=O)NO)c(C34CC5CC(CC(C5)C3)C4)c2)cc1. The number of carbonyl (C=O) groups is 2. The van der Waals surface area contributed by atoms with E-state index in [1.165, 1.54) is 44.1 Å². The van der Waals surface area contributed by atoms with Crippen LogP contribution in [-0.2, 0) is 15.0 Å². The molecule has 0 atom stereocenters. The molecule has 4 aliphatic carbocycles. The standard InChI is InChI=1S/C27H29NO5/c29-25(28-32)16-33-24-7-6-22(21-4-1-17(2-5-21)3-8-26(30)31)12-23(24)27-13-18-9-19(14-27)11-20(10-18)15-27/h1-8,12,18-20,32H,9-11,13-16H2,(H,28,29)(H,30,31)/b8-3+. The van der Waals surface area contributed by atoms with Crippen molar-refractivity contribution in [2.75, 3.05) is 6.61 Å². The van der Waals surface area contributed by atoms with Crippen molar-refractivity contribution < 1.29 is 24.6 Å². The van der Waals surface area contributed by atoms with Gasteiger partial charge in [0.25, 0.3) is 5.91 Å². The molecule has 0 unspecified atom stereocenters. The minimum atomic E-state index is -0.968. The summed E-state index contributed by atoms with van der Waals surface area (Å²) in [5, 5.41) is 17.7. The Hall–Kier alpha value is -3.12. The van der Waals surface area contributed by atoms with Crippen LogP contribution in [0.1, 0.15) is 49.7 Å². The molecule has 0 saturated heterocycles. The summed E-state index contributed by atoms with van der Waals surface area (Å²) in [7, 11) is 0. The lowest BCUT2D eigenvalue weighted by Crippen LogP contribution is -2.48. The highest BCUT2D eigenvalue weighted by Gasteiger charge is 2.52. The molecule has 4 saturated carbocycles. The number of nitrogens with one attached hydrogen (secondary N) is 1. The summed E-state index contributed by atoms with van der Waals surface area (Å²) in [5.74, 6) is 1.51. The largest absolute Gasteiger partial charge is 0.483 e. The Morgan fingerprint density at radius 3 is 2.15 bits per heavy atom. The zero-order chi connectivity index (χ0) is 23.0. The molecule has 0 spiro atoms. The van der Waals surface area contributed by atoms with E-state index in [9.17, 15) is 9.59 Å². The summed E-state index contributed by atoms with van der Waals surface area (Å²) >= 11 is 0. The molecule has 1 amide bonds. The Kier molecular flexibility index (Phi) is 5.71. The van der Waals surface area contributed by atoms with Crippen LogP contribution in [0.3, 0.4) is 0 Å². The number of ether oxygens (including phenoxy) is 1. The molecule has 2 aromatic rings. The van der Waals surface area contributed by atoms with Gasteiger partial charge in [0.15, 0.2) is 6.61 Å². The van der Waals surface area contributed by atoms with E-state index in [1.54, 1.807) is 11.6 Å². The van der Waals surface area contributed by atoms with Gasteiger partial charge >= 0.3 is 5.97 Å². The molecule has 3 N–H and O–H groups in total. The first kappa shape index (κ1) is 21.7. The van der Waals surface area contributed by atoms with Crippen LogP contribution < -0.4 is 10.2 Å². The van der Waals surface area contributed by atoms with Gasteiger partial charge in [0, 0.05) is 11.6 Å². The minimum Gasteiger partial charge on any atom is -0.483 e. The second kappa shape index (κ2) is 8.67. The lowest BCUT2D eigenvalue weighted by atomic mass is 9.48. The van der Waals surface area contributed by atoms with Gasteiger partial charge < -0.3 is 9.84 Å². The molecule has 33 heavy (non-hydrogen) atoms. The maximum Gasteiger partial charge on any atom is 0.328 e. The maximum absolute atomic E-state index is 11.6. The van der Waals surface area contributed by atoms with Gasteiger partial charge in [-0.15, -0.1) is 0 Å². The van der Waals surface area contributed by atoms with Crippen molar-refractivity contribution >= 4 is 18.0 Å². The summed E-state index contributed by atoms with van der Waals surface area (Å²) < 4.78 is 5.91. The second-order valence-corrected chi connectivity index (χ2v) is 10.0. The van der Waals surface area contributed by atoms with E-state index in [0.29, 0.717) is 0 Å². The molecule has 6 nitrogen and oxygen atoms in total. The third-order valence-electron chi connectivity index (χ3n) is 7.73. The number of carboxylic acids is 1.